The number of benzene rings is 1. The number of hydrogen-bond donors (Lipinski definition) is 0. The number of hydrogen-bond acceptors (Lipinski definition) is 4. The fourth-order valence-corrected chi connectivity index (χ4v) is 2.20. The van der Waals surface area contributed by atoms with E-state index in [2.05, 4.69) is 15.1 Å². The molecule has 5 heteroatoms. The van der Waals surface area contributed by atoms with Crippen LogP contribution >= 0.6 is 0 Å². The van der Waals surface area contributed by atoms with Gasteiger partial charge in [-0.05, 0) is 13.0 Å². The maximum atomic E-state index is 11.6. The Hall–Kier alpha value is -2.30. The number of aryl methyl sites for hydroxylation is 2. The Morgan fingerprint density at radius 2 is 2.11 bits per heavy atom. The summed E-state index contributed by atoms with van der Waals surface area (Å²) in [6, 6.07) is 3.82. The van der Waals surface area contributed by atoms with Crippen LogP contribution in [0.15, 0.2) is 18.3 Å². The largest absolute Gasteiger partial charge is 0.293 e. The van der Waals surface area contributed by atoms with Gasteiger partial charge in [0.15, 0.2) is 5.78 Å². The van der Waals surface area contributed by atoms with E-state index in [9.17, 15) is 4.79 Å². The first kappa shape index (κ1) is 10.8. The van der Waals surface area contributed by atoms with Crippen LogP contribution < -0.4 is 0 Å². The van der Waals surface area contributed by atoms with E-state index in [0.717, 1.165) is 21.8 Å². The Labute approximate surface area is 103 Å². The van der Waals surface area contributed by atoms with Gasteiger partial charge < -0.3 is 0 Å². The summed E-state index contributed by atoms with van der Waals surface area (Å²) in [4.78, 5) is 20.2. The summed E-state index contributed by atoms with van der Waals surface area (Å²) >= 11 is 0. The van der Waals surface area contributed by atoms with E-state index in [4.69, 9.17) is 0 Å². The minimum absolute atomic E-state index is 0.0364. The van der Waals surface area contributed by atoms with Crippen molar-refractivity contribution in [3.63, 3.8) is 0 Å². The van der Waals surface area contributed by atoms with Crippen molar-refractivity contribution in [1.82, 2.24) is 19.7 Å². The average molecular weight is 240 g/mol. The van der Waals surface area contributed by atoms with Crippen molar-refractivity contribution in [2.75, 3.05) is 0 Å². The predicted molar refractivity (Wildman–Crippen MR) is 68.6 cm³/mol. The Balaban J connectivity index is 2.54. The van der Waals surface area contributed by atoms with E-state index in [1.807, 2.05) is 26.1 Å². The molecule has 0 fully saturated rings. The molecule has 90 valence electrons. The van der Waals surface area contributed by atoms with Crippen LogP contribution in [0.1, 0.15) is 23.2 Å². The molecule has 0 radical (unpaired) electrons. The fraction of sp³-hybridized carbons (Fsp3) is 0.231. The summed E-state index contributed by atoms with van der Waals surface area (Å²) < 4.78 is 1.71. The van der Waals surface area contributed by atoms with E-state index in [1.54, 1.807) is 10.9 Å². The lowest BCUT2D eigenvalue weighted by atomic mass is 10.1. The van der Waals surface area contributed by atoms with Crippen molar-refractivity contribution < 1.29 is 4.79 Å². The molecule has 3 aromatic rings. The van der Waals surface area contributed by atoms with Crippen molar-refractivity contribution in [2.45, 2.75) is 13.8 Å². The molecule has 0 saturated carbocycles. The van der Waals surface area contributed by atoms with Gasteiger partial charge in [-0.1, -0.05) is 6.07 Å². The summed E-state index contributed by atoms with van der Waals surface area (Å²) in [5.41, 5.74) is 2.20. The number of Topliss-reactive ketones (excluding diaryl/α,β-unsaturated/α-hetero) is 1. The third-order valence-corrected chi connectivity index (χ3v) is 3.01. The second-order valence-electron chi connectivity index (χ2n) is 4.35. The highest BCUT2D eigenvalue weighted by Gasteiger charge is 2.15. The van der Waals surface area contributed by atoms with Crippen molar-refractivity contribution in [2.24, 2.45) is 7.05 Å². The van der Waals surface area contributed by atoms with Gasteiger partial charge in [0.1, 0.15) is 11.5 Å². The Morgan fingerprint density at radius 3 is 2.83 bits per heavy atom. The van der Waals surface area contributed by atoms with Crippen molar-refractivity contribution in [3.8, 4) is 0 Å². The second kappa shape index (κ2) is 3.60. The van der Waals surface area contributed by atoms with Crippen LogP contribution in [-0.4, -0.2) is 25.5 Å². The number of carbonyl (C=O) groups excluding carboxylic acids is 1. The number of carbonyl (C=O) groups is 1. The highest BCUT2D eigenvalue weighted by molar-refractivity contribution is 6.11. The number of fused-ring (bicyclic) bond motifs is 3. The third kappa shape index (κ3) is 1.40. The molecule has 2 aromatic heterocycles. The zero-order chi connectivity index (χ0) is 12.9. The Kier molecular flexibility index (Phi) is 2.16. The van der Waals surface area contributed by atoms with E-state index in [-0.39, 0.29) is 5.78 Å². The smallest absolute Gasteiger partial charge is 0.180 e. The lowest BCUT2D eigenvalue weighted by molar-refractivity contribution is 0.101. The molecule has 0 aliphatic heterocycles. The molecule has 0 aliphatic rings. The molecular weight excluding hydrogens is 228 g/mol. The molecule has 1 aromatic carbocycles. The third-order valence-electron chi connectivity index (χ3n) is 3.01. The highest BCUT2D eigenvalue weighted by atomic mass is 16.1. The standard InChI is InChI=1S/C13H12N4O/c1-7(18)11-10-5-4-9-6-14-8(2)15-12(9)13(10)17(3)16-11/h4-6H,1-3H3. The van der Waals surface area contributed by atoms with Crippen LogP contribution in [0.5, 0.6) is 0 Å². The minimum atomic E-state index is -0.0364. The number of ketones is 1. The summed E-state index contributed by atoms with van der Waals surface area (Å²) in [5, 5.41) is 6.07. The van der Waals surface area contributed by atoms with E-state index in [1.165, 1.54) is 6.92 Å². The van der Waals surface area contributed by atoms with Gasteiger partial charge in [-0.15, -0.1) is 0 Å². The maximum absolute atomic E-state index is 11.6. The van der Waals surface area contributed by atoms with Crippen LogP contribution in [0.4, 0.5) is 0 Å². The molecule has 0 bridgehead atoms. The van der Waals surface area contributed by atoms with Gasteiger partial charge >= 0.3 is 0 Å². The molecule has 0 spiro atoms. The summed E-state index contributed by atoms with van der Waals surface area (Å²) in [7, 11) is 1.83. The van der Waals surface area contributed by atoms with E-state index in [0.29, 0.717) is 11.5 Å². The number of rotatable bonds is 1. The molecule has 0 saturated heterocycles. The van der Waals surface area contributed by atoms with E-state index >= 15 is 0 Å². The SMILES string of the molecule is CC(=O)c1nn(C)c2c1ccc1cnc(C)nc12. The van der Waals surface area contributed by atoms with Crippen LogP contribution in [-0.2, 0) is 7.05 Å². The first-order valence-corrected chi connectivity index (χ1v) is 5.68. The molecule has 3 rings (SSSR count). The van der Waals surface area contributed by atoms with Crippen LogP contribution in [0.2, 0.25) is 0 Å². The summed E-state index contributed by atoms with van der Waals surface area (Å²) in [6.07, 6.45) is 1.79. The normalized spacial score (nSPS) is 11.3. The van der Waals surface area contributed by atoms with Gasteiger partial charge in [0.25, 0.3) is 0 Å². The minimum Gasteiger partial charge on any atom is -0.293 e. The van der Waals surface area contributed by atoms with Crippen molar-refractivity contribution in [1.29, 1.82) is 0 Å². The van der Waals surface area contributed by atoms with Crippen molar-refractivity contribution in [3.05, 3.63) is 29.8 Å². The Morgan fingerprint density at radius 1 is 1.33 bits per heavy atom. The summed E-state index contributed by atoms with van der Waals surface area (Å²) in [5.74, 6) is 0.673. The number of aromatic nitrogens is 4. The van der Waals surface area contributed by atoms with Gasteiger partial charge in [-0.25, -0.2) is 9.97 Å². The topological polar surface area (TPSA) is 60.7 Å². The first-order valence-electron chi connectivity index (χ1n) is 5.68. The second-order valence-corrected chi connectivity index (χ2v) is 4.35. The molecule has 2 heterocycles. The molecule has 18 heavy (non-hydrogen) atoms. The zero-order valence-corrected chi connectivity index (χ0v) is 10.4. The molecule has 0 unspecified atom stereocenters. The Bertz CT molecular complexity index is 788. The molecule has 0 aliphatic carbocycles. The number of nitrogens with zero attached hydrogens (tertiary/aromatic N) is 4. The highest BCUT2D eigenvalue weighted by Crippen LogP contribution is 2.25. The predicted octanol–water partition coefficient (Wildman–Crippen LogP) is 2.03. The average Bonchev–Trinajstić information content (AvgIpc) is 2.67. The quantitative estimate of drug-likeness (QED) is 0.610. The zero-order valence-electron chi connectivity index (χ0n) is 10.4. The molecule has 0 N–H and O–H groups in total. The molecular formula is C13H12N4O. The maximum Gasteiger partial charge on any atom is 0.180 e. The lowest BCUT2D eigenvalue weighted by Gasteiger charge is -2.01. The fourth-order valence-electron chi connectivity index (χ4n) is 2.20. The van der Waals surface area contributed by atoms with Gasteiger partial charge in [0.05, 0.1) is 11.0 Å². The first-order chi connectivity index (χ1) is 8.58. The lowest BCUT2D eigenvalue weighted by Crippen LogP contribution is -1.96. The van der Waals surface area contributed by atoms with Crippen LogP contribution in [0.3, 0.4) is 0 Å². The van der Waals surface area contributed by atoms with Gasteiger partial charge in [-0.2, -0.15) is 5.10 Å². The van der Waals surface area contributed by atoms with Gasteiger partial charge in [-0.3, -0.25) is 9.48 Å². The van der Waals surface area contributed by atoms with Gasteiger partial charge in [0.2, 0.25) is 0 Å². The van der Waals surface area contributed by atoms with Crippen LogP contribution in [0.25, 0.3) is 21.8 Å². The van der Waals surface area contributed by atoms with Crippen LogP contribution in [0, 0.1) is 6.92 Å². The monoisotopic (exact) mass is 240 g/mol. The molecule has 0 atom stereocenters. The van der Waals surface area contributed by atoms with E-state index < -0.39 is 0 Å². The van der Waals surface area contributed by atoms with Crippen molar-refractivity contribution >= 4 is 27.6 Å². The van der Waals surface area contributed by atoms with Gasteiger partial charge in [0, 0.05) is 30.9 Å². The molecule has 5 nitrogen and oxygen atoms in total. The molecule has 0 amide bonds. The summed E-state index contributed by atoms with van der Waals surface area (Å²) in [6.45, 7) is 3.37.